The molecule has 0 bridgehead atoms. The summed E-state index contributed by atoms with van der Waals surface area (Å²) in [5, 5.41) is 0.587. The number of pyridine rings is 1. The van der Waals surface area contributed by atoms with Gasteiger partial charge in [0.2, 0.25) is 12.2 Å². The first-order chi connectivity index (χ1) is 12.5. The van der Waals surface area contributed by atoms with E-state index in [0.717, 1.165) is 17.7 Å². The minimum atomic E-state index is -0.0769. The first-order valence-corrected chi connectivity index (χ1v) is 8.46. The predicted molar refractivity (Wildman–Crippen MR) is 102 cm³/mol. The molecule has 5 nitrogen and oxygen atoms in total. The second-order valence-corrected chi connectivity index (χ2v) is 6.44. The van der Waals surface area contributed by atoms with Gasteiger partial charge in [0.25, 0.3) is 0 Å². The number of anilines is 1. The second-order valence-electron chi connectivity index (χ2n) is 6.01. The SMILES string of the molecule is Cc1cc(CN(C=O)c2cccnc2)n(C)c1C(=O)c1ccc(Cl)cc1. The van der Waals surface area contributed by atoms with Gasteiger partial charge in [-0.25, -0.2) is 0 Å². The van der Waals surface area contributed by atoms with E-state index in [1.807, 2.05) is 30.7 Å². The average Bonchev–Trinajstić information content (AvgIpc) is 2.93. The summed E-state index contributed by atoms with van der Waals surface area (Å²) in [6, 6.07) is 12.3. The van der Waals surface area contributed by atoms with Gasteiger partial charge in [-0.2, -0.15) is 0 Å². The van der Waals surface area contributed by atoms with Crippen molar-refractivity contribution >= 4 is 29.5 Å². The Kier molecular flexibility index (Phi) is 5.19. The van der Waals surface area contributed by atoms with Crippen molar-refractivity contribution in [3.05, 3.63) is 82.4 Å². The highest BCUT2D eigenvalue weighted by molar-refractivity contribution is 6.30. The van der Waals surface area contributed by atoms with E-state index >= 15 is 0 Å². The molecule has 2 heterocycles. The van der Waals surface area contributed by atoms with E-state index < -0.39 is 0 Å². The minimum absolute atomic E-state index is 0.0769. The molecule has 0 saturated carbocycles. The van der Waals surface area contributed by atoms with Crippen LogP contribution in [0.1, 0.15) is 27.3 Å². The van der Waals surface area contributed by atoms with Gasteiger partial charge in [-0.05, 0) is 55.0 Å². The molecule has 0 fully saturated rings. The zero-order valence-electron chi connectivity index (χ0n) is 14.5. The molecule has 2 aromatic heterocycles. The topological polar surface area (TPSA) is 55.2 Å². The van der Waals surface area contributed by atoms with Crippen LogP contribution in [0.4, 0.5) is 5.69 Å². The summed E-state index contributed by atoms with van der Waals surface area (Å²) >= 11 is 5.90. The Morgan fingerprint density at radius 1 is 1.27 bits per heavy atom. The Morgan fingerprint density at radius 3 is 2.62 bits per heavy atom. The zero-order chi connectivity index (χ0) is 18.7. The first kappa shape index (κ1) is 17.9. The highest BCUT2D eigenvalue weighted by atomic mass is 35.5. The lowest BCUT2D eigenvalue weighted by atomic mass is 10.1. The zero-order valence-corrected chi connectivity index (χ0v) is 15.3. The monoisotopic (exact) mass is 367 g/mol. The van der Waals surface area contributed by atoms with Crippen LogP contribution in [0.3, 0.4) is 0 Å². The fraction of sp³-hybridized carbons (Fsp3) is 0.150. The summed E-state index contributed by atoms with van der Waals surface area (Å²) in [6.07, 6.45) is 4.05. The van der Waals surface area contributed by atoms with Gasteiger partial charge in [0.05, 0.1) is 24.1 Å². The van der Waals surface area contributed by atoms with Gasteiger partial charge in [0.1, 0.15) is 0 Å². The minimum Gasteiger partial charge on any atom is -0.343 e. The summed E-state index contributed by atoms with van der Waals surface area (Å²) in [5.41, 5.74) is 3.59. The number of aryl methyl sites for hydroxylation is 1. The number of halogens is 1. The molecule has 0 atom stereocenters. The standard InChI is InChI=1S/C20H18ClN3O2/c1-14-10-18(12-24(13-25)17-4-3-9-22-11-17)23(2)19(14)20(26)15-5-7-16(21)8-6-15/h3-11,13H,12H2,1-2H3. The molecule has 0 aliphatic rings. The molecule has 0 saturated heterocycles. The lowest BCUT2D eigenvalue weighted by Gasteiger charge is -2.17. The number of carbonyl (C=O) groups is 2. The maximum atomic E-state index is 12.9. The number of carbonyl (C=O) groups excluding carboxylic acids is 2. The van der Waals surface area contributed by atoms with E-state index in [1.165, 1.54) is 0 Å². The van der Waals surface area contributed by atoms with Gasteiger partial charge >= 0.3 is 0 Å². The highest BCUT2D eigenvalue weighted by Gasteiger charge is 2.20. The average molecular weight is 368 g/mol. The second kappa shape index (κ2) is 7.54. The molecule has 1 amide bonds. The normalized spacial score (nSPS) is 10.6. The maximum absolute atomic E-state index is 12.9. The van der Waals surface area contributed by atoms with Gasteiger partial charge in [-0.15, -0.1) is 0 Å². The van der Waals surface area contributed by atoms with Crippen LogP contribution in [-0.4, -0.2) is 21.7 Å². The molecule has 0 spiro atoms. The Morgan fingerprint density at radius 2 is 2.00 bits per heavy atom. The Balaban J connectivity index is 1.91. The van der Waals surface area contributed by atoms with E-state index in [4.69, 9.17) is 11.6 Å². The lowest BCUT2D eigenvalue weighted by Crippen LogP contribution is -2.22. The number of benzene rings is 1. The van der Waals surface area contributed by atoms with Crippen LogP contribution < -0.4 is 4.90 Å². The Labute approximate surface area is 156 Å². The van der Waals surface area contributed by atoms with Crippen LogP contribution in [0.2, 0.25) is 5.02 Å². The third-order valence-electron chi connectivity index (χ3n) is 4.28. The molecule has 6 heteroatoms. The number of rotatable bonds is 6. The van der Waals surface area contributed by atoms with E-state index in [-0.39, 0.29) is 5.78 Å². The van der Waals surface area contributed by atoms with Crippen molar-refractivity contribution in [3.63, 3.8) is 0 Å². The van der Waals surface area contributed by atoms with Crippen LogP contribution in [0.15, 0.2) is 54.9 Å². The smallest absolute Gasteiger partial charge is 0.214 e. The van der Waals surface area contributed by atoms with Crippen molar-refractivity contribution in [2.45, 2.75) is 13.5 Å². The number of amides is 1. The van der Waals surface area contributed by atoms with Gasteiger partial charge in [0.15, 0.2) is 0 Å². The van der Waals surface area contributed by atoms with E-state index in [0.29, 0.717) is 28.5 Å². The largest absolute Gasteiger partial charge is 0.343 e. The predicted octanol–water partition coefficient (Wildman–Crippen LogP) is 3.78. The molecule has 0 unspecified atom stereocenters. The maximum Gasteiger partial charge on any atom is 0.214 e. The molecule has 3 rings (SSSR count). The number of aromatic nitrogens is 2. The van der Waals surface area contributed by atoms with Crippen LogP contribution in [0, 0.1) is 6.92 Å². The fourth-order valence-corrected chi connectivity index (χ4v) is 3.06. The van der Waals surface area contributed by atoms with Crippen molar-refractivity contribution in [3.8, 4) is 0 Å². The van der Waals surface area contributed by atoms with Crippen LogP contribution >= 0.6 is 11.6 Å². The summed E-state index contributed by atoms with van der Waals surface area (Å²) < 4.78 is 1.83. The Hall–Kier alpha value is -2.92. The number of nitrogens with zero attached hydrogens (tertiary/aromatic N) is 3. The quantitative estimate of drug-likeness (QED) is 0.492. The molecule has 0 aliphatic carbocycles. The van der Waals surface area contributed by atoms with E-state index in [2.05, 4.69) is 4.98 Å². The molecule has 3 aromatic rings. The molecule has 0 aliphatic heterocycles. The summed E-state index contributed by atoms with van der Waals surface area (Å²) in [6.45, 7) is 2.24. The number of hydrogen-bond donors (Lipinski definition) is 0. The molecule has 132 valence electrons. The third-order valence-corrected chi connectivity index (χ3v) is 4.53. The van der Waals surface area contributed by atoms with Crippen LogP contribution in [0.25, 0.3) is 0 Å². The lowest BCUT2D eigenvalue weighted by molar-refractivity contribution is -0.107. The number of hydrogen-bond acceptors (Lipinski definition) is 3. The van der Waals surface area contributed by atoms with Gasteiger partial charge in [-0.1, -0.05) is 11.6 Å². The summed E-state index contributed by atoms with van der Waals surface area (Å²) in [5.74, 6) is -0.0769. The third kappa shape index (κ3) is 3.53. The van der Waals surface area contributed by atoms with Gasteiger partial charge in [0, 0.05) is 29.5 Å². The molecule has 26 heavy (non-hydrogen) atoms. The summed E-state index contributed by atoms with van der Waals surface area (Å²) in [7, 11) is 1.83. The van der Waals surface area contributed by atoms with E-state index in [9.17, 15) is 9.59 Å². The first-order valence-electron chi connectivity index (χ1n) is 8.08. The fourth-order valence-electron chi connectivity index (χ4n) is 2.93. The molecular formula is C20H18ClN3O2. The van der Waals surface area contributed by atoms with Crippen molar-refractivity contribution in [1.82, 2.24) is 9.55 Å². The highest BCUT2D eigenvalue weighted by Crippen LogP contribution is 2.22. The molecule has 1 aromatic carbocycles. The Bertz CT molecular complexity index is 934. The van der Waals surface area contributed by atoms with Gasteiger partial charge in [-0.3, -0.25) is 14.6 Å². The van der Waals surface area contributed by atoms with Crippen LogP contribution in [-0.2, 0) is 18.4 Å². The molecular weight excluding hydrogens is 350 g/mol. The van der Waals surface area contributed by atoms with Crippen molar-refractivity contribution in [2.75, 3.05) is 4.90 Å². The van der Waals surface area contributed by atoms with Crippen LogP contribution in [0.5, 0.6) is 0 Å². The molecule has 0 N–H and O–H groups in total. The van der Waals surface area contributed by atoms with Gasteiger partial charge < -0.3 is 9.47 Å². The van der Waals surface area contributed by atoms with Crippen molar-refractivity contribution in [1.29, 1.82) is 0 Å². The number of ketones is 1. The molecule has 0 radical (unpaired) electrons. The van der Waals surface area contributed by atoms with Crippen molar-refractivity contribution in [2.24, 2.45) is 7.05 Å². The van der Waals surface area contributed by atoms with Crippen molar-refractivity contribution < 1.29 is 9.59 Å². The summed E-state index contributed by atoms with van der Waals surface area (Å²) in [4.78, 5) is 30.0. The van der Waals surface area contributed by atoms with E-state index in [1.54, 1.807) is 47.6 Å².